The first-order valence-corrected chi connectivity index (χ1v) is 9.57. The third-order valence-electron chi connectivity index (χ3n) is 6.15. The van der Waals surface area contributed by atoms with Crippen LogP contribution in [0.25, 0.3) is 0 Å². The molecule has 25 heavy (non-hydrogen) atoms. The Morgan fingerprint density at radius 2 is 1.96 bits per heavy atom. The lowest BCUT2D eigenvalue weighted by molar-refractivity contribution is -0.125. The molecule has 2 aromatic rings. The monoisotopic (exact) mass is 337 g/mol. The maximum atomic E-state index is 12.7. The van der Waals surface area contributed by atoms with E-state index in [1.165, 1.54) is 31.2 Å². The Morgan fingerprint density at radius 1 is 1.20 bits per heavy atom. The highest BCUT2D eigenvalue weighted by molar-refractivity contribution is 5.77. The van der Waals surface area contributed by atoms with Gasteiger partial charge >= 0.3 is 0 Å². The molecule has 2 aliphatic rings. The van der Waals surface area contributed by atoms with E-state index in [1.54, 1.807) is 6.20 Å². The molecular formula is C21H27N3O. The van der Waals surface area contributed by atoms with Crippen LogP contribution in [0.4, 0.5) is 0 Å². The van der Waals surface area contributed by atoms with E-state index >= 15 is 0 Å². The molecule has 4 heteroatoms. The Kier molecular flexibility index (Phi) is 4.60. The van der Waals surface area contributed by atoms with Crippen LogP contribution in [0.5, 0.6) is 0 Å². The van der Waals surface area contributed by atoms with Gasteiger partial charge in [-0.1, -0.05) is 43.2 Å². The summed E-state index contributed by atoms with van der Waals surface area (Å²) in [6.45, 7) is 2.05. The molecule has 0 spiro atoms. The fraction of sp³-hybridized carbons (Fsp3) is 0.524. The van der Waals surface area contributed by atoms with E-state index in [-0.39, 0.29) is 11.9 Å². The third kappa shape index (κ3) is 3.22. The van der Waals surface area contributed by atoms with E-state index in [1.807, 2.05) is 23.9 Å². The number of benzene rings is 1. The molecule has 0 saturated heterocycles. The molecule has 132 valence electrons. The first-order valence-electron chi connectivity index (χ1n) is 9.57. The van der Waals surface area contributed by atoms with Crippen molar-refractivity contribution in [1.82, 2.24) is 15.1 Å². The molecule has 1 aromatic carbocycles. The fourth-order valence-electron chi connectivity index (χ4n) is 4.94. The van der Waals surface area contributed by atoms with E-state index in [2.05, 4.69) is 40.7 Å². The number of hydrogen-bond donors (Lipinski definition) is 1. The van der Waals surface area contributed by atoms with Crippen molar-refractivity contribution in [2.75, 3.05) is 0 Å². The third-order valence-corrected chi connectivity index (χ3v) is 6.15. The summed E-state index contributed by atoms with van der Waals surface area (Å²) in [5, 5.41) is 7.62. The molecule has 0 aliphatic heterocycles. The van der Waals surface area contributed by atoms with Gasteiger partial charge in [0, 0.05) is 30.8 Å². The van der Waals surface area contributed by atoms with Gasteiger partial charge in [-0.15, -0.1) is 0 Å². The number of nitrogens with one attached hydrogen (secondary N) is 1. The van der Waals surface area contributed by atoms with Crippen LogP contribution in [0.2, 0.25) is 0 Å². The molecule has 2 fully saturated rings. The Bertz CT molecular complexity index is 697. The summed E-state index contributed by atoms with van der Waals surface area (Å²) in [4.78, 5) is 12.7. The lowest BCUT2D eigenvalue weighted by Gasteiger charge is -2.55. The predicted molar refractivity (Wildman–Crippen MR) is 98.1 cm³/mol. The van der Waals surface area contributed by atoms with E-state index in [0.717, 1.165) is 5.92 Å². The topological polar surface area (TPSA) is 46.9 Å². The number of rotatable bonds is 5. The number of nitrogens with zero attached hydrogens (tertiary/aromatic N) is 2. The Labute approximate surface area is 149 Å². The van der Waals surface area contributed by atoms with E-state index in [9.17, 15) is 4.79 Å². The lowest BCUT2D eigenvalue weighted by atomic mass is 9.53. The molecule has 1 aromatic heterocycles. The van der Waals surface area contributed by atoms with Gasteiger partial charge in [0.2, 0.25) is 5.91 Å². The second kappa shape index (κ2) is 7.03. The maximum absolute atomic E-state index is 12.7. The normalized spacial score (nSPS) is 29.3. The number of amides is 1. The van der Waals surface area contributed by atoms with Gasteiger partial charge in [-0.25, -0.2) is 0 Å². The van der Waals surface area contributed by atoms with Crippen LogP contribution in [0, 0.1) is 11.8 Å². The molecule has 4 nitrogen and oxygen atoms in total. The maximum Gasteiger partial charge on any atom is 0.222 e. The van der Waals surface area contributed by atoms with Crippen molar-refractivity contribution in [2.24, 2.45) is 11.8 Å². The second-order valence-electron chi connectivity index (χ2n) is 7.68. The standard InChI is InChI=1S/C21H27N3O/c1-15(24-13-7-12-22-24)14-19(25)23-21-18-11-6-5-10-17(18)20(21)16-8-3-2-4-9-16/h2-4,7-9,12-13,15,17-18,20-21H,5-6,10-11,14H2,1H3,(H,23,25)/t15-,17-,18+,20+,21+/m1/s1. The summed E-state index contributed by atoms with van der Waals surface area (Å²) in [6, 6.07) is 13.0. The first-order chi connectivity index (χ1) is 12.2. The van der Waals surface area contributed by atoms with Gasteiger partial charge in [0.15, 0.2) is 0 Å². The minimum absolute atomic E-state index is 0.0902. The Balaban J connectivity index is 1.44. The van der Waals surface area contributed by atoms with Gasteiger partial charge in [-0.05, 0) is 43.2 Å². The van der Waals surface area contributed by atoms with Crippen LogP contribution in [0.3, 0.4) is 0 Å². The number of carbonyl (C=O) groups is 1. The molecule has 5 atom stereocenters. The summed E-state index contributed by atoms with van der Waals surface area (Å²) in [7, 11) is 0. The van der Waals surface area contributed by atoms with E-state index < -0.39 is 0 Å². The quantitative estimate of drug-likeness (QED) is 0.899. The van der Waals surface area contributed by atoms with Crippen LogP contribution < -0.4 is 5.32 Å². The average Bonchev–Trinajstić information content (AvgIpc) is 3.16. The van der Waals surface area contributed by atoms with Crippen molar-refractivity contribution < 1.29 is 4.79 Å². The van der Waals surface area contributed by atoms with Gasteiger partial charge in [0.1, 0.15) is 0 Å². The van der Waals surface area contributed by atoms with Crippen molar-refractivity contribution in [3.8, 4) is 0 Å². The van der Waals surface area contributed by atoms with Crippen molar-refractivity contribution >= 4 is 5.91 Å². The van der Waals surface area contributed by atoms with E-state index in [0.29, 0.717) is 24.3 Å². The number of hydrogen-bond acceptors (Lipinski definition) is 2. The van der Waals surface area contributed by atoms with Crippen molar-refractivity contribution in [3.63, 3.8) is 0 Å². The van der Waals surface area contributed by atoms with Gasteiger partial charge in [-0.2, -0.15) is 5.10 Å². The van der Waals surface area contributed by atoms with Crippen LogP contribution >= 0.6 is 0 Å². The van der Waals surface area contributed by atoms with Gasteiger partial charge < -0.3 is 5.32 Å². The van der Waals surface area contributed by atoms with Crippen LogP contribution in [-0.2, 0) is 4.79 Å². The molecule has 4 rings (SSSR count). The van der Waals surface area contributed by atoms with Crippen molar-refractivity contribution in [2.45, 2.75) is 57.0 Å². The molecule has 1 heterocycles. The second-order valence-corrected chi connectivity index (χ2v) is 7.68. The summed E-state index contributed by atoms with van der Waals surface area (Å²) in [5.41, 5.74) is 1.39. The summed E-state index contributed by atoms with van der Waals surface area (Å²) < 4.78 is 1.86. The summed E-state index contributed by atoms with van der Waals surface area (Å²) in [5.74, 6) is 2.03. The zero-order valence-corrected chi connectivity index (χ0v) is 14.8. The molecule has 0 unspecified atom stereocenters. The summed E-state index contributed by atoms with van der Waals surface area (Å²) >= 11 is 0. The molecule has 1 N–H and O–H groups in total. The first kappa shape index (κ1) is 16.4. The minimum atomic E-state index is 0.0902. The van der Waals surface area contributed by atoms with Gasteiger partial charge in [0.05, 0.1) is 6.04 Å². The molecular weight excluding hydrogens is 310 g/mol. The van der Waals surface area contributed by atoms with Crippen molar-refractivity contribution in [3.05, 3.63) is 54.4 Å². The smallest absolute Gasteiger partial charge is 0.222 e. The number of aromatic nitrogens is 2. The molecule has 0 bridgehead atoms. The average molecular weight is 337 g/mol. The molecule has 2 aliphatic carbocycles. The zero-order chi connectivity index (χ0) is 17.2. The largest absolute Gasteiger partial charge is 0.352 e. The summed E-state index contributed by atoms with van der Waals surface area (Å²) in [6.07, 6.45) is 9.37. The van der Waals surface area contributed by atoms with Crippen LogP contribution in [-0.4, -0.2) is 21.7 Å². The SMILES string of the molecule is C[C@H](CC(=O)N[C@H]1[C@H]2CCCC[C@H]2[C@@H]1c1ccccc1)n1cccn1. The molecule has 2 saturated carbocycles. The Morgan fingerprint density at radius 3 is 2.68 bits per heavy atom. The fourth-order valence-corrected chi connectivity index (χ4v) is 4.94. The lowest BCUT2D eigenvalue weighted by Crippen LogP contribution is -2.59. The molecule has 0 radical (unpaired) electrons. The minimum Gasteiger partial charge on any atom is -0.352 e. The van der Waals surface area contributed by atoms with Crippen LogP contribution in [0.1, 0.15) is 56.6 Å². The number of fused-ring (bicyclic) bond motifs is 1. The van der Waals surface area contributed by atoms with Crippen molar-refractivity contribution in [1.29, 1.82) is 0 Å². The highest BCUT2D eigenvalue weighted by atomic mass is 16.1. The van der Waals surface area contributed by atoms with Gasteiger partial charge in [-0.3, -0.25) is 9.48 Å². The van der Waals surface area contributed by atoms with E-state index in [4.69, 9.17) is 0 Å². The highest BCUT2D eigenvalue weighted by Gasteiger charge is 2.51. The number of carbonyl (C=O) groups excluding carboxylic acids is 1. The molecule has 1 amide bonds. The zero-order valence-electron chi connectivity index (χ0n) is 14.8. The Hall–Kier alpha value is -2.10. The van der Waals surface area contributed by atoms with Gasteiger partial charge in [0.25, 0.3) is 0 Å². The predicted octanol–water partition coefficient (Wildman–Crippen LogP) is 3.92. The highest BCUT2D eigenvalue weighted by Crippen LogP contribution is 2.54. The van der Waals surface area contributed by atoms with Crippen LogP contribution in [0.15, 0.2) is 48.8 Å².